The van der Waals surface area contributed by atoms with E-state index < -0.39 is 29.5 Å². The third-order valence-corrected chi connectivity index (χ3v) is 17.1. The molecular formula is C42H60O7. The number of Topliss-reactive ketones (excluding diaryl/α,β-unsaturated/α-hetero) is 2. The summed E-state index contributed by atoms with van der Waals surface area (Å²) in [7, 11) is 0. The molecule has 0 unspecified atom stereocenters. The molecule has 0 spiro atoms. The van der Waals surface area contributed by atoms with E-state index in [9.17, 15) is 34.5 Å². The number of ketones is 4. The highest BCUT2D eigenvalue weighted by Gasteiger charge is 2.68. The van der Waals surface area contributed by atoms with Gasteiger partial charge in [0.2, 0.25) is 0 Å². The average Bonchev–Trinajstić information content (AvgIpc) is 3.55. The quantitative estimate of drug-likeness (QED) is 0.311. The summed E-state index contributed by atoms with van der Waals surface area (Å²) in [5.41, 5.74) is 0.714. The zero-order chi connectivity index (χ0) is 35.3. The van der Waals surface area contributed by atoms with Crippen molar-refractivity contribution in [2.24, 2.45) is 63.1 Å². The Labute approximate surface area is 292 Å². The molecule has 8 aliphatic rings. The van der Waals surface area contributed by atoms with Crippen molar-refractivity contribution in [1.82, 2.24) is 0 Å². The highest BCUT2D eigenvalue weighted by molar-refractivity contribution is 5.92. The minimum Gasteiger partial charge on any atom is -0.393 e. The molecule has 0 heterocycles. The van der Waals surface area contributed by atoms with Gasteiger partial charge in [-0.25, -0.2) is 0 Å². The van der Waals surface area contributed by atoms with E-state index >= 15 is 0 Å². The van der Waals surface area contributed by atoms with Crippen LogP contribution in [0.15, 0.2) is 23.3 Å². The lowest BCUT2D eigenvalue weighted by atomic mass is 9.45. The molecule has 7 heteroatoms. The van der Waals surface area contributed by atoms with E-state index in [-0.39, 0.29) is 39.8 Å². The first-order valence-corrected chi connectivity index (χ1v) is 19.6. The fraction of sp³-hybridized carbons (Fsp3) is 0.810. The first kappa shape index (κ1) is 35.4. The van der Waals surface area contributed by atoms with Crippen LogP contribution in [0.3, 0.4) is 0 Å². The van der Waals surface area contributed by atoms with Gasteiger partial charge >= 0.3 is 0 Å². The van der Waals surface area contributed by atoms with Gasteiger partial charge in [0.25, 0.3) is 0 Å². The van der Waals surface area contributed by atoms with Gasteiger partial charge in [0.15, 0.2) is 17.3 Å². The second-order valence-electron chi connectivity index (χ2n) is 18.8. The van der Waals surface area contributed by atoms with E-state index in [1.807, 2.05) is 13.0 Å². The topological polar surface area (TPSA) is 129 Å². The minimum atomic E-state index is -1.54. The van der Waals surface area contributed by atoms with Crippen LogP contribution in [0.25, 0.3) is 0 Å². The van der Waals surface area contributed by atoms with Crippen LogP contribution >= 0.6 is 0 Å². The van der Waals surface area contributed by atoms with Crippen LogP contribution in [0.1, 0.15) is 131 Å². The number of hydrogen-bond acceptors (Lipinski definition) is 7. The smallest absolute Gasteiger partial charge is 0.190 e. The Morgan fingerprint density at radius 2 is 1.33 bits per heavy atom. The van der Waals surface area contributed by atoms with Gasteiger partial charge in [-0.05, 0) is 154 Å². The van der Waals surface area contributed by atoms with Crippen molar-refractivity contribution >= 4 is 23.1 Å². The van der Waals surface area contributed by atoms with Crippen LogP contribution in [0.4, 0.5) is 0 Å². The van der Waals surface area contributed by atoms with E-state index in [0.29, 0.717) is 36.7 Å². The van der Waals surface area contributed by atoms with Gasteiger partial charge in [-0.15, -0.1) is 0 Å². The molecule has 6 saturated carbocycles. The Morgan fingerprint density at radius 1 is 0.735 bits per heavy atom. The summed E-state index contributed by atoms with van der Waals surface area (Å²) in [5, 5.41) is 31.7. The van der Waals surface area contributed by atoms with Gasteiger partial charge in [-0.1, -0.05) is 38.8 Å². The van der Waals surface area contributed by atoms with E-state index in [1.165, 1.54) is 36.8 Å². The van der Waals surface area contributed by atoms with Crippen molar-refractivity contribution in [2.45, 2.75) is 143 Å². The van der Waals surface area contributed by atoms with E-state index in [4.69, 9.17) is 0 Å². The van der Waals surface area contributed by atoms with Crippen LogP contribution < -0.4 is 0 Å². The molecule has 0 saturated heterocycles. The summed E-state index contributed by atoms with van der Waals surface area (Å²) in [6, 6.07) is 0. The number of aliphatic hydroxyl groups is 3. The summed E-state index contributed by atoms with van der Waals surface area (Å²) < 4.78 is 0. The Morgan fingerprint density at radius 3 is 1.96 bits per heavy atom. The zero-order valence-electron chi connectivity index (χ0n) is 30.6. The number of aliphatic hydroxyl groups excluding tert-OH is 2. The van der Waals surface area contributed by atoms with Gasteiger partial charge in [0, 0.05) is 24.2 Å². The predicted molar refractivity (Wildman–Crippen MR) is 186 cm³/mol. The van der Waals surface area contributed by atoms with Crippen molar-refractivity contribution in [3.8, 4) is 0 Å². The first-order valence-electron chi connectivity index (χ1n) is 19.6. The molecule has 0 aromatic rings. The van der Waals surface area contributed by atoms with E-state index in [0.717, 1.165) is 69.1 Å². The van der Waals surface area contributed by atoms with Crippen LogP contribution in [0, 0.1) is 63.1 Å². The number of allylic oxidation sites excluding steroid dienone is 2. The zero-order valence-corrected chi connectivity index (χ0v) is 30.6. The fourth-order valence-electron chi connectivity index (χ4n) is 14.5. The standard InChI is InChI=1S/C21H30O5.C21H30O2/c1-19-7-5-13(23)9-12(19)3-4-14-15-6-8-21(26,17(25)11-22)20(15,2)10-16(24)18(14)19;1-13(22)17-6-7-18-16-5-4-14-12-15(23)8-10-20(14,2)19(16)9-11-21(17,18)3/h9,14-16,18,22,24,26H,3-8,10-11H2,1-2H3;12,16-19H,4-11H2,1-3H3/t14-,15-,16-,18+,19-,20-,21-;16-,17+,18-,19-,20-,21+/m00/s1. The Kier molecular flexibility index (Phi) is 8.72. The number of carbonyl (C=O) groups excluding carboxylic acids is 4. The molecule has 3 N–H and O–H groups in total. The monoisotopic (exact) mass is 676 g/mol. The van der Waals surface area contributed by atoms with E-state index in [2.05, 4.69) is 20.8 Å². The van der Waals surface area contributed by atoms with Crippen LogP contribution in [-0.2, 0) is 19.2 Å². The van der Waals surface area contributed by atoms with Crippen LogP contribution in [-0.4, -0.2) is 56.8 Å². The summed E-state index contributed by atoms with van der Waals surface area (Å²) in [5.74, 6) is 3.43. The number of fused-ring (bicyclic) bond motifs is 10. The molecule has 0 radical (unpaired) electrons. The second kappa shape index (κ2) is 12.0. The lowest BCUT2D eigenvalue weighted by Crippen LogP contribution is -2.62. The summed E-state index contributed by atoms with van der Waals surface area (Å²) in [6.45, 7) is 10.1. The Hall–Kier alpha value is -1.96. The average molecular weight is 677 g/mol. The highest BCUT2D eigenvalue weighted by Crippen LogP contribution is 2.69. The molecular weight excluding hydrogens is 616 g/mol. The summed E-state index contributed by atoms with van der Waals surface area (Å²) in [4.78, 5) is 48.3. The van der Waals surface area contributed by atoms with Crippen molar-refractivity contribution in [3.63, 3.8) is 0 Å². The molecule has 8 aliphatic carbocycles. The van der Waals surface area contributed by atoms with Gasteiger partial charge < -0.3 is 15.3 Å². The second-order valence-corrected chi connectivity index (χ2v) is 18.8. The fourth-order valence-corrected chi connectivity index (χ4v) is 14.5. The van der Waals surface area contributed by atoms with Crippen molar-refractivity contribution in [3.05, 3.63) is 23.3 Å². The lowest BCUT2D eigenvalue weighted by Gasteiger charge is -2.60. The molecule has 49 heavy (non-hydrogen) atoms. The first-order chi connectivity index (χ1) is 23.0. The van der Waals surface area contributed by atoms with Gasteiger partial charge in [0.05, 0.1) is 6.10 Å². The summed E-state index contributed by atoms with van der Waals surface area (Å²) in [6.07, 6.45) is 16.7. The van der Waals surface area contributed by atoms with E-state index in [1.54, 1.807) is 13.0 Å². The predicted octanol–water partition coefficient (Wildman–Crippen LogP) is 6.51. The highest BCUT2D eigenvalue weighted by atomic mass is 16.3. The van der Waals surface area contributed by atoms with Gasteiger partial charge in [-0.2, -0.15) is 0 Å². The maximum atomic E-state index is 12.4. The SMILES string of the molecule is CC(=O)[C@H]1CC[C@H]2[C@@H]3CCC4=CC(=O)CC[C@]4(C)[C@H]3CC[C@]12C.C[C@]12CCC(=O)C=C1CC[C@@H]1[C@@H]2[C@@H](O)C[C@@]2(C)[C@H]1CC[C@]2(O)C(=O)CO. The molecule has 0 aliphatic heterocycles. The van der Waals surface area contributed by atoms with Crippen LogP contribution in [0.5, 0.6) is 0 Å². The number of hydrogen-bond donors (Lipinski definition) is 3. The van der Waals surface area contributed by atoms with Crippen molar-refractivity contribution in [1.29, 1.82) is 0 Å². The Bertz CT molecular complexity index is 1490. The molecule has 0 amide bonds. The maximum absolute atomic E-state index is 12.4. The molecule has 8 rings (SSSR count). The van der Waals surface area contributed by atoms with Crippen molar-refractivity contribution < 1.29 is 34.5 Å². The number of carbonyl (C=O) groups is 4. The minimum absolute atomic E-state index is 0.0697. The van der Waals surface area contributed by atoms with Gasteiger partial charge in [-0.3, -0.25) is 19.2 Å². The normalized spacial score (nSPS) is 49.8. The molecule has 0 bridgehead atoms. The summed E-state index contributed by atoms with van der Waals surface area (Å²) >= 11 is 0. The number of rotatable bonds is 3. The maximum Gasteiger partial charge on any atom is 0.190 e. The largest absolute Gasteiger partial charge is 0.393 e. The van der Waals surface area contributed by atoms with Gasteiger partial charge in [0.1, 0.15) is 18.0 Å². The molecule has 270 valence electrons. The van der Waals surface area contributed by atoms with Crippen LogP contribution in [0.2, 0.25) is 0 Å². The molecule has 6 fully saturated rings. The molecule has 0 aromatic heterocycles. The third kappa shape index (κ3) is 5.05. The Balaban J connectivity index is 0.000000155. The molecule has 0 aromatic carbocycles. The third-order valence-electron chi connectivity index (χ3n) is 17.1. The lowest BCUT2D eigenvalue weighted by molar-refractivity contribution is -0.182. The molecule has 13 atom stereocenters. The molecule has 7 nitrogen and oxygen atoms in total. The van der Waals surface area contributed by atoms with Crippen molar-refractivity contribution in [2.75, 3.05) is 6.61 Å².